The molecule has 2 unspecified atom stereocenters. The van der Waals surface area contributed by atoms with Crippen LogP contribution in [-0.4, -0.2) is 17.5 Å². The first-order valence-electron chi connectivity index (χ1n) is 6.99. The molecule has 2 atom stereocenters. The summed E-state index contributed by atoms with van der Waals surface area (Å²) in [7, 11) is 0. The van der Waals surface area contributed by atoms with E-state index < -0.39 is 0 Å². The van der Waals surface area contributed by atoms with Gasteiger partial charge in [0.1, 0.15) is 0 Å². The maximum absolute atomic E-state index is 11.2. The highest BCUT2D eigenvalue weighted by Crippen LogP contribution is 2.30. The number of hydrogen-bond donors (Lipinski definition) is 1. The standard InChI is InChI=1S/C15H24N2O2/c1-5-9-16-14(6-2)12(4)13-8-7-11(3)10-15(13)17(18)19/h7-8,10,12,14,16H,5-6,9H2,1-4H3. The van der Waals surface area contributed by atoms with E-state index in [1.54, 1.807) is 6.07 Å². The number of nitrogens with one attached hydrogen (secondary N) is 1. The summed E-state index contributed by atoms with van der Waals surface area (Å²) < 4.78 is 0. The van der Waals surface area contributed by atoms with Crippen LogP contribution in [0.3, 0.4) is 0 Å². The van der Waals surface area contributed by atoms with Gasteiger partial charge in [-0.15, -0.1) is 0 Å². The summed E-state index contributed by atoms with van der Waals surface area (Å²) in [6.07, 6.45) is 2.03. The van der Waals surface area contributed by atoms with E-state index in [0.29, 0.717) is 0 Å². The Morgan fingerprint density at radius 3 is 2.58 bits per heavy atom. The molecule has 0 aromatic heterocycles. The SMILES string of the molecule is CCCNC(CC)C(C)c1ccc(C)cc1[N+](=O)[O-]. The van der Waals surface area contributed by atoms with E-state index in [2.05, 4.69) is 26.1 Å². The van der Waals surface area contributed by atoms with Crippen LogP contribution in [0.4, 0.5) is 5.69 Å². The van der Waals surface area contributed by atoms with Crippen LogP contribution in [0.25, 0.3) is 0 Å². The third-order valence-corrected chi connectivity index (χ3v) is 3.57. The molecule has 19 heavy (non-hydrogen) atoms. The van der Waals surface area contributed by atoms with Crippen molar-refractivity contribution in [2.45, 2.75) is 52.5 Å². The van der Waals surface area contributed by atoms with E-state index in [9.17, 15) is 10.1 Å². The topological polar surface area (TPSA) is 55.2 Å². The minimum atomic E-state index is -0.272. The van der Waals surface area contributed by atoms with E-state index in [-0.39, 0.29) is 22.6 Å². The fourth-order valence-electron chi connectivity index (χ4n) is 2.42. The lowest BCUT2D eigenvalue weighted by Gasteiger charge is -2.24. The number of nitro groups is 1. The molecule has 1 aromatic rings. The average molecular weight is 264 g/mol. The van der Waals surface area contributed by atoms with Crippen LogP contribution in [0.2, 0.25) is 0 Å². The minimum Gasteiger partial charge on any atom is -0.313 e. The second kappa shape index (κ2) is 7.24. The van der Waals surface area contributed by atoms with Gasteiger partial charge in [0, 0.05) is 23.6 Å². The summed E-state index contributed by atoms with van der Waals surface area (Å²) in [4.78, 5) is 10.9. The summed E-state index contributed by atoms with van der Waals surface area (Å²) in [6, 6.07) is 5.79. The van der Waals surface area contributed by atoms with E-state index >= 15 is 0 Å². The first kappa shape index (κ1) is 15.6. The van der Waals surface area contributed by atoms with E-state index in [1.165, 1.54) is 0 Å². The number of hydrogen-bond acceptors (Lipinski definition) is 3. The van der Waals surface area contributed by atoms with Crippen LogP contribution < -0.4 is 5.32 Å². The summed E-state index contributed by atoms with van der Waals surface area (Å²) in [6.45, 7) is 9.13. The molecule has 1 N–H and O–H groups in total. The zero-order valence-corrected chi connectivity index (χ0v) is 12.3. The van der Waals surface area contributed by atoms with Gasteiger partial charge in [-0.25, -0.2) is 0 Å². The molecule has 1 rings (SSSR count). The van der Waals surface area contributed by atoms with Crippen LogP contribution in [0, 0.1) is 17.0 Å². The molecule has 0 saturated heterocycles. The summed E-state index contributed by atoms with van der Waals surface area (Å²) in [5.41, 5.74) is 1.99. The van der Waals surface area contributed by atoms with Gasteiger partial charge < -0.3 is 5.32 Å². The Kier molecular flexibility index (Phi) is 5.96. The predicted octanol–water partition coefficient (Wildman–Crippen LogP) is 3.78. The Labute approximate surface area is 115 Å². The van der Waals surface area contributed by atoms with Gasteiger partial charge in [0.25, 0.3) is 5.69 Å². The molecule has 0 saturated carbocycles. The fourth-order valence-corrected chi connectivity index (χ4v) is 2.42. The highest BCUT2D eigenvalue weighted by molar-refractivity contribution is 5.45. The first-order chi connectivity index (χ1) is 9.01. The van der Waals surface area contributed by atoms with Gasteiger partial charge in [0.2, 0.25) is 0 Å². The second-order valence-electron chi connectivity index (χ2n) is 5.08. The fraction of sp³-hybridized carbons (Fsp3) is 0.600. The van der Waals surface area contributed by atoms with Gasteiger partial charge in [-0.1, -0.05) is 32.9 Å². The molecule has 0 aliphatic heterocycles. The number of nitrogens with zero attached hydrogens (tertiary/aromatic N) is 1. The molecule has 0 aliphatic rings. The van der Waals surface area contributed by atoms with Crippen LogP contribution >= 0.6 is 0 Å². The third-order valence-electron chi connectivity index (χ3n) is 3.57. The van der Waals surface area contributed by atoms with Crippen LogP contribution in [0.5, 0.6) is 0 Å². The van der Waals surface area contributed by atoms with Gasteiger partial charge in [-0.2, -0.15) is 0 Å². The summed E-state index contributed by atoms with van der Waals surface area (Å²) in [5.74, 6) is 0.137. The Morgan fingerprint density at radius 1 is 1.37 bits per heavy atom. The lowest BCUT2D eigenvalue weighted by Crippen LogP contribution is -2.34. The van der Waals surface area contributed by atoms with E-state index in [1.807, 2.05) is 19.1 Å². The molecule has 106 valence electrons. The molecule has 4 heteroatoms. The molecule has 0 aliphatic carbocycles. The van der Waals surface area contributed by atoms with Crippen molar-refractivity contribution in [3.8, 4) is 0 Å². The van der Waals surface area contributed by atoms with Gasteiger partial charge in [0.15, 0.2) is 0 Å². The molecular weight excluding hydrogens is 240 g/mol. The lowest BCUT2D eigenvalue weighted by atomic mass is 9.89. The van der Waals surface area contributed by atoms with Crippen molar-refractivity contribution >= 4 is 5.69 Å². The van der Waals surface area contributed by atoms with Crippen LogP contribution in [-0.2, 0) is 0 Å². The Bertz CT molecular complexity index is 432. The molecule has 4 nitrogen and oxygen atoms in total. The predicted molar refractivity (Wildman–Crippen MR) is 78.6 cm³/mol. The van der Waals surface area contributed by atoms with Crippen molar-refractivity contribution in [1.29, 1.82) is 0 Å². The van der Waals surface area contributed by atoms with Gasteiger partial charge >= 0.3 is 0 Å². The van der Waals surface area contributed by atoms with Crippen molar-refractivity contribution in [3.05, 3.63) is 39.4 Å². The van der Waals surface area contributed by atoms with Gasteiger partial charge in [-0.05, 0) is 31.9 Å². The first-order valence-corrected chi connectivity index (χ1v) is 6.99. The number of aryl methyl sites for hydroxylation is 1. The zero-order valence-electron chi connectivity index (χ0n) is 12.3. The number of benzene rings is 1. The smallest absolute Gasteiger partial charge is 0.273 e. The van der Waals surface area contributed by atoms with Crippen LogP contribution in [0.1, 0.15) is 50.7 Å². The minimum absolute atomic E-state index is 0.137. The largest absolute Gasteiger partial charge is 0.313 e. The monoisotopic (exact) mass is 264 g/mol. The van der Waals surface area contributed by atoms with Crippen molar-refractivity contribution in [2.75, 3.05) is 6.54 Å². The van der Waals surface area contributed by atoms with E-state index in [4.69, 9.17) is 0 Å². The van der Waals surface area contributed by atoms with Crippen molar-refractivity contribution < 1.29 is 4.92 Å². The van der Waals surface area contributed by atoms with Crippen molar-refractivity contribution in [2.24, 2.45) is 0 Å². The average Bonchev–Trinajstić information content (AvgIpc) is 2.39. The quantitative estimate of drug-likeness (QED) is 0.602. The second-order valence-corrected chi connectivity index (χ2v) is 5.08. The number of nitro benzene ring substituents is 1. The lowest BCUT2D eigenvalue weighted by molar-refractivity contribution is -0.385. The van der Waals surface area contributed by atoms with Crippen LogP contribution in [0.15, 0.2) is 18.2 Å². The highest BCUT2D eigenvalue weighted by atomic mass is 16.6. The maximum Gasteiger partial charge on any atom is 0.273 e. The van der Waals surface area contributed by atoms with Gasteiger partial charge in [-0.3, -0.25) is 10.1 Å². The van der Waals surface area contributed by atoms with Crippen molar-refractivity contribution in [1.82, 2.24) is 5.32 Å². The molecule has 0 radical (unpaired) electrons. The molecule has 0 spiro atoms. The Hall–Kier alpha value is -1.42. The van der Waals surface area contributed by atoms with Gasteiger partial charge in [0.05, 0.1) is 4.92 Å². The Balaban J connectivity index is 3.03. The molecule has 0 fully saturated rings. The highest BCUT2D eigenvalue weighted by Gasteiger charge is 2.24. The van der Waals surface area contributed by atoms with E-state index in [0.717, 1.165) is 30.5 Å². The molecule has 0 amide bonds. The molecule has 0 heterocycles. The zero-order chi connectivity index (χ0) is 14.4. The summed E-state index contributed by atoms with van der Waals surface area (Å²) >= 11 is 0. The molecule has 0 bridgehead atoms. The summed E-state index contributed by atoms with van der Waals surface area (Å²) in [5, 5.41) is 14.7. The normalized spacial score (nSPS) is 14.1. The van der Waals surface area contributed by atoms with Crippen molar-refractivity contribution in [3.63, 3.8) is 0 Å². The maximum atomic E-state index is 11.2. The molecular formula is C15H24N2O2. The third kappa shape index (κ3) is 4.03. The Morgan fingerprint density at radius 2 is 2.05 bits per heavy atom. The number of rotatable bonds is 7. The molecule has 1 aromatic carbocycles.